The van der Waals surface area contributed by atoms with Crippen LogP contribution in [0.1, 0.15) is 22.2 Å². The zero-order valence-corrected chi connectivity index (χ0v) is 14.6. The molecule has 0 spiro atoms. The molecule has 1 aliphatic heterocycles. The fraction of sp³-hybridized carbons (Fsp3) is 0.333. The van der Waals surface area contributed by atoms with Crippen molar-refractivity contribution in [3.63, 3.8) is 0 Å². The van der Waals surface area contributed by atoms with E-state index in [1.807, 2.05) is 0 Å². The van der Waals surface area contributed by atoms with Crippen LogP contribution in [0, 0.1) is 5.82 Å². The average Bonchev–Trinajstić information content (AvgIpc) is 2.68. The largest absolute Gasteiger partial charge is 0.483 e. The van der Waals surface area contributed by atoms with Crippen molar-refractivity contribution in [2.24, 2.45) is 0 Å². The van der Waals surface area contributed by atoms with Crippen LogP contribution < -0.4 is 15.4 Å². The summed E-state index contributed by atoms with van der Waals surface area (Å²) in [5, 5.41) is 5.52. The molecule has 0 radical (unpaired) electrons. The second kappa shape index (κ2) is 8.53. The number of hydrogen-bond donors (Lipinski definition) is 2. The molecule has 2 heterocycles. The summed E-state index contributed by atoms with van der Waals surface area (Å²) in [6, 6.07) is 6.73. The maximum absolute atomic E-state index is 14.3. The van der Waals surface area contributed by atoms with Crippen molar-refractivity contribution in [3.05, 3.63) is 53.6 Å². The number of aromatic nitrogens is 1. The maximum atomic E-state index is 14.3. The number of nitrogens with zero attached hydrogens (tertiary/aromatic N) is 1. The van der Waals surface area contributed by atoms with Gasteiger partial charge in [0.15, 0.2) is 6.61 Å². The van der Waals surface area contributed by atoms with Gasteiger partial charge in [-0.1, -0.05) is 6.07 Å². The van der Waals surface area contributed by atoms with Crippen molar-refractivity contribution < 1.29 is 31.8 Å². The van der Waals surface area contributed by atoms with Crippen molar-refractivity contribution in [2.45, 2.75) is 12.3 Å². The molecule has 1 atom stereocenters. The third-order valence-electron chi connectivity index (χ3n) is 3.91. The van der Waals surface area contributed by atoms with E-state index in [4.69, 9.17) is 4.74 Å². The van der Waals surface area contributed by atoms with Crippen molar-refractivity contribution >= 4 is 11.6 Å². The lowest BCUT2D eigenvalue weighted by atomic mass is 10.1. The van der Waals surface area contributed by atoms with E-state index in [0.717, 1.165) is 12.7 Å². The number of amides is 1. The van der Waals surface area contributed by atoms with Gasteiger partial charge in [-0.05, 0) is 29.8 Å². The Morgan fingerprint density at radius 1 is 1.32 bits per heavy atom. The molecule has 150 valence electrons. The van der Waals surface area contributed by atoms with Crippen LogP contribution in [-0.2, 0) is 4.74 Å². The first kappa shape index (κ1) is 20.0. The Balaban J connectivity index is 1.62. The Morgan fingerprint density at radius 3 is 2.75 bits per heavy atom. The van der Waals surface area contributed by atoms with E-state index in [1.165, 1.54) is 24.3 Å². The van der Waals surface area contributed by atoms with Crippen molar-refractivity contribution in [2.75, 3.05) is 31.6 Å². The van der Waals surface area contributed by atoms with E-state index in [1.54, 1.807) is 6.07 Å². The van der Waals surface area contributed by atoms with E-state index < -0.39 is 24.5 Å². The number of alkyl halides is 3. The number of carbonyl (C=O) groups excluding carboxylic acids is 1. The topological polar surface area (TPSA) is 72.5 Å². The Kier molecular flexibility index (Phi) is 6.10. The number of pyridine rings is 1. The number of ether oxygens (including phenoxy) is 2. The van der Waals surface area contributed by atoms with Crippen LogP contribution in [0.2, 0.25) is 0 Å². The average molecular weight is 399 g/mol. The van der Waals surface area contributed by atoms with Gasteiger partial charge in [0, 0.05) is 13.1 Å². The van der Waals surface area contributed by atoms with Crippen LogP contribution >= 0.6 is 0 Å². The first-order valence-corrected chi connectivity index (χ1v) is 8.40. The molecule has 6 nitrogen and oxygen atoms in total. The minimum Gasteiger partial charge on any atom is -0.483 e. The lowest BCUT2D eigenvalue weighted by Gasteiger charge is -2.24. The van der Waals surface area contributed by atoms with Crippen LogP contribution in [0.15, 0.2) is 36.5 Å². The van der Waals surface area contributed by atoms with Gasteiger partial charge in [-0.2, -0.15) is 13.2 Å². The fourth-order valence-electron chi connectivity index (χ4n) is 2.56. The predicted molar refractivity (Wildman–Crippen MR) is 91.7 cm³/mol. The molecule has 28 heavy (non-hydrogen) atoms. The molecule has 1 fully saturated rings. The van der Waals surface area contributed by atoms with Crippen molar-refractivity contribution in [3.8, 4) is 5.75 Å². The smallest absolute Gasteiger partial charge is 0.422 e. The molecular formula is C18H17F4N3O3. The van der Waals surface area contributed by atoms with Crippen LogP contribution in [0.25, 0.3) is 0 Å². The molecule has 2 aromatic rings. The number of nitrogens with one attached hydrogen (secondary N) is 2. The zero-order chi connectivity index (χ0) is 20.1. The lowest BCUT2D eigenvalue weighted by Crippen LogP contribution is -2.33. The van der Waals surface area contributed by atoms with Crippen molar-refractivity contribution in [1.29, 1.82) is 0 Å². The lowest BCUT2D eigenvalue weighted by molar-refractivity contribution is -0.153. The number of halogens is 4. The van der Waals surface area contributed by atoms with Gasteiger partial charge < -0.3 is 20.1 Å². The van der Waals surface area contributed by atoms with Gasteiger partial charge in [-0.25, -0.2) is 9.37 Å². The summed E-state index contributed by atoms with van der Waals surface area (Å²) in [5.74, 6) is -1.47. The molecule has 0 bridgehead atoms. The van der Waals surface area contributed by atoms with E-state index in [0.29, 0.717) is 18.7 Å². The van der Waals surface area contributed by atoms with Gasteiger partial charge in [0.1, 0.15) is 17.3 Å². The first-order valence-electron chi connectivity index (χ1n) is 8.40. The van der Waals surface area contributed by atoms with Crippen molar-refractivity contribution in [1.82, 2.24) is 10.3 Å². The Bertz CT molecular complexity index is 822. The Hall–Kier alpha value is -2.72. The monoisotopic (exact) mass is 399 g/mol. The number of hydrogen-bond acceptors (Lipinski definition) is 5. The summed E-state index contributed by atoms with van der Waals surface area (Å²) in [6.45, 7) is 0.370. The summed E-state index contributed by atoms with van der Waals surface area (Å²) in [4.78, 5) is 15.9. The molecule has 10 heteroatoms. The highest BCUT2D eigenvalue weighted by Gasteiger charge is 2.28. The standard InChI is InChI=1S/C18H17F4N3O3/c19-13-7-11(16-9-23-5-6-27-16)1-3-14(13)25-17(26)15-4-2-12(8-24-15)28-10-18(20,21)22/h1-4,7-8,16,23H,5-6,9-10H2,(H,25,26)/t16-/m1/s1. The van der Waals surface area contributed by atoms with E-state index in [2.05, 4.69) is 20.4 Å². The molecule has 1 aliphatic rings. The van der Waals surface area contributed by atoms with Crippen LogP contribution in [0.4, 0.5) is 23.2 Å². The van der Waals surface area contributed by atoms with Gasteiger partial charge in [0.05, 0.1) is 24.6 Å². The second-order valence-corrected chi connectivity index (χ2v) is 6.04. The number of rotatable bonds is 5. The molecule has 0 unspecified atom stereocenters. The van der Waals surface area contributed by atoms with Crippen LogP contribution in [0.5, 0.6) is 5.75 Å². The minimum absolute atomic E-state index is 0.0447. The maximum Gasteiger partial charge on any atom is 0.422 e. The van der Waals surface area contributed by atoms with E-state index >= 15 is 0 Å². The summed E-state index contributed by atoms with van der Waals surface area (Å²) >= 11 is 0. The number of carbonyl (C=O) groups is 1. The van der Waals surface area contributed by atoms with Gasteiger partial charge >= 0.3 is 6.18 Å². The molecule has 0 aliphatic carbocycles. The molecule has 3 rings (SSSR count). The Morgan fingerprint density at radius 2 is 2.14 bits per heavy atom. The summed E-state index contributed by atoms with van der Waals surface area (Å²) in [5.41, 5.74) is 0.506. The quantitative estimate of drug-likeness (QED) is 0.757. The van der Waals surface area contributed by atoms with Gasteiger partial charge in [0.2, 0.25) is 0 Å². The molecule has 0 saturated carbocycles. The third-order valence-corrected chi connectivity index (χ3v) is 3.91. The summed E-state index contributed by atoms with van der Waals surface area (Å²) < 4.78 is 60.7. The van der Waals surface area contributed by atoms with Gasteiger partial charge in [-0.15, -0.1) is 0 Å². The third kappa shape index (κ3) is 5.40. The van der Waals surface area contributed by atoms with Gasteiger partial charge in [-0.3, -0.25) is 4.79 Å². The summed E-state index contributed by atoms with van der Waals surface area (Å²) in [6.07, 6.45) is -3.75. The molecule has 1 saturated heterocycles. The van der Waals surface area contributed by atoms with Crippen LogP contribution in [0.3, 0.4) is 0 Å². The normalized spacial score (nSPS) is 17.2. The number of benzene rings is 1. The minimum atomic E-state index is -4.47. The number of anilines is 1. The first-order chi connectivity index (χ1) is 13.3. The Labute approximate surface area is 157 Å². The highest BCUT2D eigenvalue weighted by molar-refractivity contribution is 6.02. The molecule has 1 amide bonds. The zero-order valence-electron chi connectivity index (χ0n) is 14.6. The number of morpholine rings is 1. The highest BCUT2D eigenvalue weighted by Crippen LogP contribution is 2.24. The molecule has 2 N–H and O–H groups in total. The fourth-order valence-corrected chi connectivity index (χ4v) is 2.56. The summed E-state index contributed by atoms with van der Waals surface area (Å²) in [7, 11) is 0. The molecular weight excluding hydrogens is 382 g/mol. The second-order valence-electron chi connectivity index (χ2n) is 6.04. The predicted octanol–water partition coefficient (Wildman–Crippen LogP) is 3.08. The van der Waals surface area contributed by atoms with Crippen LogP contribution in [-0.4, -0.2) is 43.4 Å². The highest BCUT2D eigenvalue weighted by atomic mass is 19.4. The van der Waals surface area contributed by atoms with E-state index in [9.17, 15) is 22.4 Å². The SMILES string of the molecule is O=C(Nc1ccc([C@H]2CNCCO2)cc1F)c1ccc(OCC(F)(F)F)cn1. The molecule has 1 aromatic carbocycles. The van der Waals surface area contributed by atoms with E-state index in [-0.39, 0.29) is 23.2 Å². The van der Waals surface area contributed by atoms with Gasteiger partial charge in [0.25, 0.3) is 5.91 Å². The molecule has 1 aromatic heterocycles.